The lowest BCUT2D eigenvalue weighted by Crippen LogP contribution is -2.30. The topological polar surface area (TPSA) is 64.4 Å². The van der Waals surface area contributed by atoms with Crippen LogP contribution in [0.5, 0.6) is 5.75 Å². The van der Waals surface area contributed by atoms with Gasteiger partial charge in [-0.25, -0.2) is 4.98 Å². The number of carbonyl (C=O) groups excluding carboxylic acids is 1. The summed E-state index contributed by atoms with van der Waals surface area (Å²) in [7, 11) is 0. The highest BCUT2D eigenvalue weighted by atomic mass is 35.5. The molecule has 1 N–H and O–H groups in total. The van der Waals surface area contributed by atoms with Crippen molar-refractivity contribution in [2.75, 3.05) is 5.32 Å². The number of amides is 1. The van der Waals surface area contributed by atoms with Gasteiger partial charge in [-0.05, 0) is 67.4 Å². The molecule has 0 aliphatic heterocycles. The number of oxazole rings is 1. The van der Waals surface area contributed by atoms with Crippen molar-refractivity contribution in [3.8, 4) is 17.2 Å². The van der Waals surface area contributed by atoms with Gasteiger partial charge in [-0.1, -0.05) is 47.8 Å². The number of nitrogens with zero attached hydrogens (tertiary/aromatic N) is 1. The van der Waals surface area contributed by atoms with Crippen molar-refractivity contribution in [3.63, 3.8) is 0 Å². The van der Waals surface area contributed by atoms with E-state index in [2.05, 4.69) is 17.2 Å². The molecule has 0 aliphatic rings. The molecule has 5 nitrogen and oxygen atoms in total. The summed E-state index contributed by atoms with van der Waals surface area (Å²) in [6.45, 7) is 3.70. The van der Waals surface area contributed by atoms with Crippen LogP contribution in [0.4, 0.5) is 5.69 Å². The highest BCUT2D eigenvalue weighted by Crippen LogP contribution is 2.32. The van der Waals surface area contributed by atoms with Gasteiger partial charge in [-0.15, -0.1) is 0 Å². The largest absolute Gasteiger partial charge is 0.479 e. The predicted molar refractivity (Wildman–Crippen MR) is 129 cm³/mol. The standard InChI is InChI=1S/C24H19Cl3N2O3/c1-3-14-4-8-22-20(10-14)29-24(32-22)15-5-7-17(26)19(11-15)28-23(30)13(2)31-21-9-6-16(25)12-18(21)27/h4-13H,3H2,1-2H3,(H,28,30). The number of aromatic nitrogens is 1. The van der Waals surface area contributed by atoms with Gasteiger partial charge < -0.3 is 14.5 Å². The van der Waals surface area contributed by atoms with Gasteiger partial charge in [-0.2, -0.15) is 0 Å². The van der Waals surface area contributed by atoms with Crippen molar-refractivity contribution in [3.05, 3.63) is 75.2 Å². The highest BCUT2D eigenvalue weighted by Gasteiger charge is 2.19. The van der Waals surface area contributed by atoms with E-state index in [-0.39, 0.29) is 5.91 Å². The minimum absolute atomic E-state index is 0.319. The normalized spacial score (nSPS) is 12.0. The van der Waals surface area contributed by atoms with Crippen LogP contribution >= 0.6 is 34.8 Å². The van der Waals surface area contributed by atoms with Crippen LogP contribution in [0.3, 0.4) is 0 Å². The Bertz CT molecular complexity index is 1300. The molecule has 1 heterocycles. The summed E-state index contributed by atoms with van der Waals surface area (Å²) in [6, 6.07) is 15.9. The van der Waals surface area contributed by atoms with Crippen LogP contribution in [-0.2, 0) is 11.2 Å². The Kier molecular flexibility index (Phi) is 6.60. The molecule has 164 valence electrons. The number of anilines is 1. The van der Waals surface area contributed by atoms with Gasteiger partial charge in [0.2, 0.25) is 5.89 Å². The number of fused-ring (bicyclic) bond motifs is 1. The molecule has 1 atom stereocenters. The van der Waals surface area contributed by atoms with E-state index in [1.54, 1.807) is 43.3 Å². The molecule has 0 saturated carbocycles. The van der Waals surface area contributed by atoms with Crippen molar-refractivity contribution in [1.29, 1.82) is 0 Å². The molecule has 8 heteroatoms. The van der Waals surface area contributed by atoms with Gasteiger partial charge in [0.15, 0.2) is 11.7 Å². The molecule has 0 fully saturated rings. The lowest BCUT2D eigenvalue weighted by Gasteiger charge is -2.16. The van der Waals surface area contributed by atoms with Crippen molar-refractivity contribution in [2.24, 2.45) is 0 Å². The maximum Gasteiger partial charge on any atom is 0.265 e. The van der Waals surface area contributed by atoms with Crippen LogP contribution < -0.4 is 10.1 Å². The minimum Gasteiger partial charge on any atom is -0.479 e. The van der Waals surface area contributed by atoms with Crippen LogP contribution in [0, 0.1) is 0 Å². The van der Waals surface area contributed by atoms with Crippen molar-refractivity contribution >= 4 is 57.5 Å². The van der Waals surface area contributed by atoms with Gasteiger partial charge in [0.25, 0.3) is 5.91 Å². The summed E-state index contributed by atoms with van der Waals surface area (Å²) in [5.41, 5.74) is 3.76. The number of nitrogens with one attached hydrogen (secondary N) is 1. The Morgan fingerprint density at radius 3 is 2.62 bits per heavy atom. The number of benzene rings is 3. The smallest absolute Gasteiger partial charge is 0.265 e. The first kappa shape index (κ1) is 22.5. The maximum atomic E-state index is 12.7. The molecule has 0 saturated heterocycles. The summed E-state index contributed by atoms with van der Waals surface area (Å²) in [5.74, 6) is 0.411. The third kappa shape index (κ3) is 4.85. The van der Waals surface area contributed by atoms with Crippen molar-refractivity contribution in [2.45, 2.75) is 26.4 Å². The lowest BCUT2D eigenvalue weighted by atomic mass is 10.1. The molecular weight excluding hydrogens is 471 g/mol. The van der Waals surface area contributed by atoms with E-state index in [0.717, 1.165) is 11.9 Å². The molecule has 3 aromatic carbocycles. The number of rotatable bonds is 6. The number of aryl methyl sites for hydroxylation is 1. The van der Waals surface area contributed by atoms with E-state index in [1.807, 2.05) is 18.2 Å². The lowest BCUT2D eigenvalue weighted by molar-refractivity contribution is -0.122. The molecule has 0 aliphatic carbocycles. The second kappa shape index (κ2) is 9.41. The minimum atomic E-state index is -0.829. The number of halogens is 3. The zero-order valence-corrected chi connectivity index (χ0v) is 19.6. The van der Waals surface area contributed by atoms with Crippen LogP contribution in [0.25, 0.3) is 22.6 Å². The third-order valence-electron chi connectivity index (χ3n) is 4.90. The van der Waals surface area contributed by atoms with E-state index in [9.17, 15) is 4.79 Å². The molecule has 1 unspecified atom stereocenters. The van der Waals surface area contributed by atoms with Crippen LogP contribution in [-0.4, -0.2) is 17.0 Å². The maximum absolute atomic E-state index is 12.7. The van der Waals surface area contributed by atoms with Gasteiger partial charge in [0.1, 0.15) is 11.3 Å². The van der Waals surface area contributed by atoms with E-state index in [1.165, 1.54) is 5.56 Å². The van der Waals surface area contributed by atoms with E-state index < -0.39 is 6.10 Å². The van der Waals surface area contributed by atoms with Crippen LogP contribution in [0.2, 0.25) is 15.1 Å². The first-order chi connectivity index (χ1) is 15.3. The van der Waals surface area contributed by atoms with E-state index in [4.69, 9.17) is 44.0 Å². The fourth-order valence-electron chi connectivity index (χ4n) is 3.12. The fourth-order valence-corrected chi connectivity index (χ4v) is 3.74. The number of ether oxygens (including phenoxy) is 1. The highest BCUT2D eigenvalue weighted by molar-refractivity contribution is 6.35. The van der Waals surface area contributed by atoms with Gasteiger partial charge in [-0.3, -0.25) is 4.79 Å². The first-order valence-electron chi connectivity index (χ1n) is 9.96. The Balaban J connectivity index is 1.54. The molecule has 0 spiro atoms. The molecule has 4 rings (SSSR count). The zero-order chi connectivity index (χ0) is 22.8. The molecular formula is C24H19Cl3N2O3. The van der Waals surface area contributed by atoms with Gasteiger partial charge in [0.05, 0.1) is 15.7 Å². The summed E-state index contributed by atoms with van der Waals surface area (Å²) in [6.07, 6.45) is 0.0849. The summed E-state index contributed by atoms with van der Waals surface area (Å²) in [5, 5.41) is 3.97. The zero-order valence-electron chi connectivity index (χ0n) is 17.3. The molecule has 0 bridgehead atoms. The second-order valence-electron chi connectivity index (χ2n) is 7.19. The monoisotopic (exact) mass is 488 g/mol. The number of hydrogen-bond acceptors (Lipinski definition) is 4. The van der Waals surface area contributed by atoms with Gasteiger partial charge in [0, 0.05) is 10.6 Å². The third-order valence-corrected chi connectivity index (χ3v) is 5.76. The first-order valence-corrected chi connectivity index (χ1v) is 11.1. The average Bonchev–Trinajstić information content (AvgIpc) is 3.20. The average molecular weight is 490 g/mol. The molecule has 1 aromatic heterocycles. The number of carbonyl (C=O) groups is 1. The van der Waals surface area contributed by atoms with E-state index >= 15 is 0 Å². The SMILES string of the molecule is CCc1ccc2oc(-c3ccc(Cl)c(NC(=O)C(C)Oc4ccc(Cl)cc4Cl)c3)nc2c1. The predicted octanol–water partition coefficient (Wildman–Crippen LogP) is 7.42. The Labute approximate surface area is 200 Å². The quantitative estimate of drug-likeness (QED) is 0.306. The summed E-state index contributed by atoms with van der Waals surface area (Å²) in [4.78, 5) is 17.3. The van der Waals surface area contributed by atoms with Crippen molar-refractivity contribution < 1.29 is 13.9 Å². The van der Waals surface area contributed by atoms with Crippen LogP contribution in [0.15, 0.2) is 59.0 Å². The van der Waals surface area contributed by atoms with E-state index in [0.29, 0.717) is 43.5 Å². The molecule has 32 heavy (non-hydrogen) atoms. The number of hydrogen-bond donors (Lipinski definition) is 1. The molecule has 1 amide bonds. The van der Waals surface area contributed by atoms with Crippen molar-refractivity contribution in [1.82, 2.24) is 4.98 Å². The Morgan fingerprint density at radius 1 is 1.06 bits per heavy atom. The summed E-state index contributed by atoms with van der Waals surface area (Å²) < 4.78 is 11.6. The fraction of sp³-hybridized carbons (Fsp3) is 0.167. The Hall–Kier alpha value is -2.73. The van der Waals surface area contributed by atoms with Gasteiger partial charge >= 0.3 is 0 Å². The Morgan fingerprint density at radius 2 is 1.88 bits per heavy atom. The molecule has 0 radical (unpaired) electrons. The summed E-state index contributed by atoms with van der Waals surface area (Å²) >= 11 is 18.3. The second-order valence-corrected chi connectivity index (χ2v) is 8.44. The van der Waals surface area contributed by atoms with Crippen LogP contribution in [0.1, 0.15) is 19.4 Å². The molecule has 4 aromatic rings.